The van der Waals surface area contributed by atoms with Crippen LogP contribution in [-0.4, -0.2) is 24.8 Å². The van der Waals surface area contributed by atoms with Crippen LogP contribution in [-0.2, 0) is 4.79 Å². The van der Waals surface area contributed by atoms with Crippen molar-refractivity contribution in [3.63, 3.8) is 0 Å². The molecular formula is C18H19N3O3. The lowest BCUT2D eigenvalue weighted by atomic mass is 10.1. The summed E-state index contributed by atoms with van der Waals surface area (Å²) in [5.74, 6) is 0.659. The molecule has 0 bridgehead atoms. The smallest absolute Gasteiger partial charge is 0.280 e. The molecule has 0 radical (unpaired) electrons. The van der Waals surface area contributed by atoms with Crippen molar-refractivity contribution in [3.8, 4) is 17.6 Å². The van der Waals surface area contributed by atoms with Crippen LogP contribution in [0.1, 0.15) is 17.0 Å². The number of nitrogens with one attached hydrogen (secondary N) is 1. The predicted molar refractivity (Wildman–Crippen MR) is 91.4 cm³/mol. The molecule has 1 amide bonds. The number of nitrogens with zero attached hydrogens (tertiary/aromatic N) is 2. The second kappa shape index (κ2) is 7.38. The highest BCUT2D eigenvalue weighted by Gasteiger charge is 2.13. The van der Waals surface area contributed by atoms with Crippen molar-refractivity contribution in [1.82, 2.24) is 4.68 Å². The van der Waals surface area contributed by atoms with Crippen molar-refractivity contribution in [1.29, 1.82) is 5.26 Å². The van der Waals surface area contributed by atoms with Crippen LogP contribution in [0.25, 0.3) is 6.08 Å². The van der Waals surface area contributed by atoms with Crippen LogP contribution >= 0.6 is 0 Å². The first kappa shape index (κ1) is 17.2. The number of amides is 1. The second-order valence-corrected chi connectivity index (χ2v) is 5.17. The molecule has 0 saturated carbocycles. The lowest BCUT2D eigenvalue weighted by Gasteiger charge is -2.11. The van der Waals surface area contributed by atoms with Gasteiger partial charge in [-0.3, -0.25) is 14.9 Å². The van der Waals surface area contributed by atoms with Crippen LogP contribution < -0.4 is 14.9 Å². The first-order valence-electron chi connectivity index (χ1n) is 7.30. The number of carbonyl (C=O) groups is 1. The van der Waals surface area contributed by atoms with Gasteiger partial charge in [0, 0.05) is 23.0 Å². The second-order valence-electron chi connectivity index (χ2n) is 5.17. The lowest BCUT2D eigenvalue weighted by Crippen LogP contribution is -2.25. The summed E-state index contributed by atoms with van der Waals surface area (Å²) in [6, 6.07) is 10.9. The molecule has 1 N–H and O–H groups in total. The molecule has 2 aromatic rings. The summed E-state index contributed by atoms with van der Waals surface area (Å²) in [6.45, 7) is 3.74. The van der Waals surface area contributed by atoms with Gasteiger partial charge in [0.2, 0.25) is 0 Å². The van der Waals surface area contributed by atoms with Crippen molar-refractivity contribution in [2.45, 2.75) is 13.8 Å². The Balaban J connectivity index is 2.32. The standard InChI is InChI=1S/C18H19N3O3/c1-12-5-6-13(2)21(12)20-18(22)15(11-19)9-14-7-8-16(23-3)10-17(14)24-4/h5-10H,1-4H3,(H,20,22)/b15-9-. The molecule has 6 nitrogen and oxygen atoms in total. The molecule has 2 rings (SSSR count). The summed E-state index contributed by atoms with van der Waals surface area (Å²) in [5, 5.41) is 9.34. The summed E-state index contributed by atoms with van der Waals surface area (Å²) in [4.78, 5) is 12.4. The zero-order valence-electron chi connectivity index (χ0n) is 14.1. The van der Waals surface area contributed by atoms with Gasteiger partial charge in [-0.15, -0.1) is 0 Å². The molecule has 0 unspecified atom stereocenters. The van der Waals surface area contributed by atoms with Crippen LogP contribution in [0.15, 0.2) is 35.9 Å². The Labute approximate surface area is 140 Å². The van der Waals surface area contributed by atoms with Crippen molar-refractivity contribution >= 4 is 12.0 Å². The van der Waals surface area contributed by atoms with Crippen molar-refractivity contribution < 1.29 is 14.3 Å². The molecule has 1 aromatic carbocycles. The van der Waals surface area contributed by atoms with Gasteiger partial charge in [-0.1, -0.05) is 0 Å². The maximum atomic E-state index is 12.4. The van der Waals surface area contributed by atoms with Crippen LogP contribution in [0.3, 0.4) is 0 Å². The first-order valence-corrected chi connectivity index (χ1v) is 7.30. The number of rotatable bonds is 5. The minimum Gasteiger partial charge on any atom is -0.497 e. The van der Waals surface area contributed by atoms with Gasteiger partial charge in [0.25, 0.3) is 5.91 Å². The van der Waals surface area contributed by atoms with Gasteiger partial charge >= 0.3 is 0 Å². The number of aromatic nitrogens is 1. The number of hydrogen-bond acceptors (Lipinski definition) is 4. The van der Waals surface area contributed by atoms with Crippen molar-refractivity contribution in [2.24, 2.45) is 0 Å². The number of carbonyl (C=O) groups excluding carboxylic acids is 1. The molecule has 0 fully saturated rings. The van der Waals surface area contributed by atoms with Gasteiger partial charge in [0.15, 0.2) is 0 Å². The molecule has 0 atom stereocenters. The Hall–Kier alpha value is -3.20. The first-order chi connectivity index (χ1) is 11.5. The molecule has 124 valence electrons. The van der Waals surface area contributed by atoms with E-state index in [9.17, 15) is 10.1 Å². The van der Waals surface area contributed by atoms with E-state index in [1.54, 1.807) is 30.0 Å². The molecule has 0 aliphatic carbocycles. The maximum Gasteiger partial charge on any atom is 0.280 e. The minimum absolute atomic E-state index is 0.0223. The zero-order valence-corrected chi connectivity index (χ0v) is 14.1. The number of nitriles is 1. The van der Waals surface area contributed by atoms with Crippen molar-refractivity contribution in [2.75, 3.05) is 19.6 Å². The van der Waals surface area contributed by atoms with E-state index in [4.69, 9.17) is 9.47 Å². The van der Waals surface area contributed by atoms with E-state index >= 15 is 0 Å². The van der Waals surface area contributed by atoms with E-state index in [2.05, 4.69) is 5.43 Å². The van der Waals surface area contributed by atoms with E-state index < -0.39 is 5.91 Å². The van der Waals surface area contributed by atoms with Gasteiger partial charge in [0.05, 0.1) is 14.2 Å². The molecule has 1 heterocycles. The maximum absolute atomic E-state index is 12.4. The predicted octanol–water partition coefficient (Wildman–Crippen LogP) is 2.80. The third-order valence-electron chi connectivity index (χ3n) is 3.59. The summed E-state index contributed by atoms with van der Waals surface area (Å²) in [6.07, 6.45) is 1.49. The largest absolute Gasteiger partial charge is 0.497 e. The third kappa shape index (κ3) is 3.58. The Morgan fingerprint density at radius 2 is 1.83 bits per heavy atom. The Kier molecular flexibility index (Phi) is 5.27. The molecule has 24 heavy (non-hydrogen) atoms. The molecule has 0 spiro atoms. The quantitative estimate of drug-likeness (QED) is 0.677. The SMILES string of the molecule is COc1ccc(/C=C(/C#N)C(=O)Nn2c(C)ccc2C)c(OC)c1. The van der Waals surface area contributed by atoms with Gasteiger partial charge in [0.1, 0.15) is 23.1 Å². The summed E-state index contributed by atoms with van der Waals surface area (Å²) < 4.78 is 12.1. The van der Waals surface area contributed by atoms with Gasteiger partial charge in [-0.05, 0) is 44.2 Å². The topological polar surface area (TPSA) is 76.3 Å². The van der Waals surface area contributed by atoms with Crippen LogP contribution in [0.4, 0.5) is 0 Å². The van der Waals surface area contributed by atoms with E-state index in [0.717, 1.165) is 11.4 Å². The third-order valence-corrected chi connectivity index (χ3v) is 3.59. The number of ether oxygens (including phenoxy) is 2. The van der Waals surface area contributed by atoms with Crippen LogP contribution in [0, 0.1) is 25.2 Å². The summed E-state index contributed by atoms with van der Waals surface area (Å²) in [7, 11) is 3.07. The van der Waals surface area contributed by atoms with E-state index in [1.807, 2.05) is 32.0 Å². The monoisotopic (exact) mass is 325 g/mol. The summed E-state index contributed by atoms with van der Waals surface area (Å²) in [5.41, 5.74) is 5.06. The van der Waals surface area contributed by atoms with E-state index in [1.165, 1.54) is 13.2 Å². The minimum atomic E-state index is -0.488. The number of aryl methyl sites for hydroxylation is 2. The normalized spacial score (nSPS) is 10.9. The average Bonchev–Trinajstić information content (AvgIpc) is 2.91. The number of benzene rings is 1. The van der Waals surface area contributed by atoms with E-state index in [0.29, 0.717) is 17.1 Å². The fourth-order valence-corrected chi connectivity index (χ4v) is 2.25. The number of hydrogen-bond donors (Lipinski definition) is 1. The molecule has 1 aromatic heterocycles. The molecule has 0 saturated heterocycles. The highest BCUT2D eigenvalue weighted by Crippen LogP contribution is 2.26. The molecule has 0 aliphatic rings. The van der Waals surface area contributed by atoms with Gasteiger partial charge < -0.3 is 9.47 Å². The van der Waals surface area contributed by atoms with Crippen LogP contribution in [0.2, 0.25) is 0 Å². The molecule has 0 aliphatic heterocycles. The van der Waals surface area contributed by atoms with Gasteiger partial charge in [-0.2, -0.15) is 5.26 Å². The van der Waals surface area contributed by atoms with Crippen LogP contribution in [0.5, 0.6) is 11.5 Å². The lowest BCUT2D eigenvalue weighted by molar-refractivity contribution is -0.113. The molecular weight excluding hydrogens is 306 g/mol. The zero-order chi connectivity index (χ0) is 17.7. The highest BCUT2D eigenvalue weighted by atomic mass is 16.5. The Morgan fingerprint density at radius 1 is 1.17 bits per heavy atom. The van der Waals surface area contributed by atoms with Gasteiger partial charge in [-0.25, -0.2) is 0 Å². The van der Waals surface area contributed by atoms with E-state index in [-0.39, 0.29) is 5.57 Å². The average molecular weight is 325 g/mol. The fourth-order valence-electron chi connectivity index (χ4n) is 2.25. The Morgan fingerprint density at radius 3 is 2.38 bits per heavy atom. The number of methoxy groups -OCH3 is 2. The molecule has 6 heteroatoms. The fraction of sp³-hybridized carbons (Fsp3) is 0.222. The Bertz CT molecular complexity index is 809. The summed E-state index contributed by atoms with van der Waals surface area (Å²) >= 11 is 0. The van der Waals surface area contributed by atoms with Crippen molar-refractivity contribution in [3.05, 3.63) is 52.9 Å². The highest BCUT2D eigenvalue weighted by molar-refractivity contribution is 6.06.